The molecule has 0 spiro atoms. The van der Waals surface area contributed by atoms with Gasteiger partial charge in [-0.3, -0.25) is 0 Å². The predicted octanol–water partition coefficient (Wildman–Crippen LogP) is 3.48. The Morgan fingerprint density at radius 3 is 2.67 bits per heavy atom. The van der Waals surface area contributed by atoms with Gasteiger partial charge in [0.2, 0.25) is 0 Å². The molecule has 0 saturated heterocycles. The van der Waals surface area contributed by atoms with Gasteiger partial charge in [0.15, 0.2) is 0 Å². The largest absolute Gasteiger partial charge is 0.493 e. The molecule has 3 heteroatoms. The summed E-state index contributed by atoms with van der Waals surface area (Å²) >= 11 is 0. The van der Waals surface area contributed by atoms with Gasteiger partial charge in [0.05, 0.1) is 6.61 Å². The summed E-state index contributed by atoms with van der Waals surface area (Å²) in [5.74, 6) is 0.972. The fourth-order valence-corrected chi connectivity index (χ4v) is 1.59. The van der Waals surface area contributed by atoms with Crippen molar-refractivity contribution in [2.75, 3.05) is 19.7 Å². The molecule has 18 heavy (non-hydrogen) atoms. The van der Waals surface area contributed by atoms with Crippen LogP contribution in [0.3, 0.4) is 0 Å². The molecule has 0 fully saturated rings. The second-order valence-electron chi connectivity index (χ2n) is 5.94. The van der Waals surface area contributed by atoms with E-state index in [4.69, 9.17) is 4.74 Å². The van der Waals surface area contributed by atoms with Crippen LogP contribution in [-0.2, 0) is 0 Å². The second kappa shape index (κ2) is 6.74. The van der Waals surface area contributed by atoms with Crippen LogP contribution in [-0.4, -0.2) is 19.7 Å². The molecule has 0 saturated carbocycles. The van der Waals surface area contributed by atoms with Crippen molar-refractivity contribution >= 4 is 0 Å². The van der Waals surface area contributed by atoms with Gasteiger partial charge in [0, 0.05) is 18.0 Å². The van der Waals surface area contributed by atoms with Gasteiger partial charge >= 0.3 is 0 Å². The normalized spacial score (nSPS) is 11.9. The summed E-state index contributed by atoms with van der Waals surface area (Å²) in [7, 11) is 0. The number of halogens is 1. The highest BCUT2D eigenvalue weighted by atomic mass is 19.1. The van der Waals surface area contributed by atoms with E-state index in [1.165, 1.54) is 12.1 Å². The maximum atomic E-state index is 13.0. The van der Waals surface area contributed by atoms with Crippen LogP contribution < -0.4 is 10.1 Å². The smallest absolute Gasteiger partial charge is 0.126 e. The van der Waals surface area contributed by atoms with E-state index in [-0.39, 0.29) is 11.2 Å². The molecule has 102 valence electrons. The first-order valence-electron chi connectivity index (χ1n) is 6.48. The first kappa shape index (κ1) is 15.0. The summed E-state index contributed by atoms with van der Waals surface area (Å²) < 4.78 is 18.6. The van der Waals surface area contributed by atoms with Gasteiger partial charge in [0.25, 0.3) is 0 Å². The first-order chi connectivity index (χ1) is 8.39. The molecule has 2 nitrogen and oxygen atoms in total. The molecule has 0 unspecified atom stereocenters. The monoisotopic (exact) mass is 253 g/mol. The molecule has 0 aliphatic heterocycles. The van der Waals surface area contributed by atoms with Crippen LogP contribution >= 0.6 is 0 Å². The number of hydrogen-bond acceptors (Lipinski definition) is 2. The standard InChI is InChI=1S/C15H24FNO/c1-12(2)9-17-10-15(3,4)11-18-14-7-5-6-13(16)8-14/h5-8,12,17H,9-11H2,1-4H3. The zero-order valence-corrected chi connectivity index (χ0v) is 11.8. The van der Waals surface area contributed by atoms with Gasteiger partial charge in [0.1, 0.15) is 11.6 Å². The molecule has 0 bridgehead atoms. The topological polar surface area (TPSA) is 21.3 Å². The van der Waals surface area contributed by atoms with E-state index >= 15 is 0 Å². The Kier molecular flexibility index (Phi) is 5.60. The average Bonchev–Trinajstić information content (AvgIpc) is 2.26. The number of rotatable bonds is 7. The van der Waals surface area contributed by atoms with Gasteiger partial charge in [-0.15, -0.1) is 0 Å². The van der Waals surface area contributed by atoms with E-state index in [2.05, 4.69) is 33.0 Å². The predicted molar refractivity (Wildman–Crippen MR) is 73.4 cm³/mol. The summed E-state index contributed by atoms with van der Waals surface area (Å²) in [5.41, 5.74) is 0.0290. The van der Waals surface area contributed by atoms with Crippen molar-refractivity contribution < 1.29 is 9.13 Å². The zero-order chi connectivity index (χ0) is 13.6. The summed E-state index contributed by atoms with van der Waals surface area (Å²) in [6.45, 7) is 11.1. The molecule has 0 radical (unpaired) electrons. The molecule has 0 atom stereocenters. The van der Waals surface area contributed by atoms with E-state index in [0.717, 1.165) is 13.1 Å². The highest BCUT2D eigenvalue weighted by Gasteiger charge is 2.18. The Bertz CT molecular complexity index is 363. The SMILES string of the molecule is CC(C)CNCC(C)(C)COc1cccc(F)c1. The van der Waals surface area contributed by atoms with Crippen LogP contribution in [0, 0.1) is 17.2 Å². The molecule has 0 heterocycles. The fraction of sp³-hybridized carbons (Fsp3) is 0.600. The van der Waals surface area contributed by atoms with Crippen molar-refractivity contribution in [2.45, 2.75) is 27.7 Å². The van der Waals surface area contributed by atoms with E-state index in [1.807, 2.05) is 0 Å². The molecule has 1 rings (SSSR count). The lowest BCUT2D eigenvalue weighted by Gasteiger charge is -2.25. The molecule has 1 N–H and O–H groups in total. The van der Waals surface area contributed by atoms with Crippen LogP contribution in [0.25, 0.3) is 0 Å². The minimum atomic E-state index is -0.261. The van der Waals surface area contributed by atoms with Crippen LogP contribution in [0.4, 0.5) is 4.39 Å². The van der Waals surface area contributed by atoms with Gasteiger partial charge in [-0.05, 0) is 24.6 Å². The minimum absolute atomic E-state index is 0.0290. The zero-order valence-electron chi connectivity index (χ0n) is 11.8. The third-order valence-corrected chi connectivity index (χ3v) is 2.58. The van der Waals surface area contributed by atoms with Crippen molar-refractivity contribution in [1.82, 2.24) is 5.32 Å². The first-order valence-corrected chi connectivity index (χ1v) is 6.48. The number of nitrogens with one attached hydrogen (secondary N) is 1. The highest BCUT2D eigenvalue weighted by Crippen LogP contribution is 2.18. The average molecular weight is 253 g/mol. The van der Waals surface area contributed by atoms with Crippen molar-refractivity contribution in [3.8, 4) is 5.75 Å². The van der Waals surface area contributed by atoms with Crippen LogP contribution in [0.15, 0.2) is 24.3 Å². The van der Waals surface area contributed by atoms with E-state index in [1.54, 1.807) is 12.1 Å². The van der Waals surface area contributed by atoms with Crippen molar-refractivity contribution in [3.63, 3.8) is 0 Å². The molecule has 0 aromatic heterocycles. The Morgan fingerprint density at radius 2 is 2.06 bits per heavy atom. The van der Waals surface area contributed by atoms with E-state index < -0.39 is 0 Å². The Balaban J connectivity index is 2.36. The maximum Gasteiger partial charge on any atom is 0.126 e. The summed E-state index contributed by atoms with van der Waals surface area (Å²) in [6.07, 6.45) is 0. The quantitative estimate of drug-likeness (QED) is 0.803. The molecule has 0 aliphatic rings. The summed E-state index contributed by atoms with van der Waals surface area (Å²) in [6, 6.07) is 6.27. The number of benzene rings is 1. The lowest BCUT2D eigenvalue weighted by Crippen LogP contribution is -2.35. The molecule has 0 aliphatic carbocycles. The summed E-state index contributed by atoms with van der Waals surface area (Å²) in [5, 5.41) is 3.42. The molecular weight excluding hydrogens is 229 g/mol. The lowest BCUT2D eigenvalue weighted by atomic mass is 9.94. The van der Waals surface area contributed by atoms with Gasteiger partial charge in [-0.1, -0.05) is 33.8 Å². The third kappa shape index (κ3) is 6.01. The van der Waals surface area contributed by atoms with Gasteiger partial charge < -0.3 is 10.1 Å². The molecule has 1 aromatic carbocycles. The van der Waals surface area contributed by atoms with E-state index in [9.17, 15) is 4.39 Å². The van der Waals surface area contributed by atoms with Crippen molar-refractivity contribution in [2.24, 2.45) is 11.3 Å². The van der Waals surface area contributed by atoms with Crippen molar-refractivity contribution in [3.05, 3.63) is 30.1 Å². The number of ether oxygens (including phenoxy) is 1. The Morgan fingerprint density at radius 1 is 1.33 bits per heavy atom. The number of hydrogen-bond donors (Lipinski definition) is 1. The van der Waals surface area contributed by atoms with Crippen LogP contribution in [0.5, 0.6) is 5.75 Å². The van der Waals surface area contributed by atoms with Crippen LogP contribution in [0.1, 0.15) is 27.7 Å². The summed E-state index contributed by atoms with van der Waals surface area (Å²) in [4.78, 5) is 0. The third-order valence-electron chi connectivity index (χ3n) is 2.58. The lowest BCUT2D eigenvalue weighted by molar-refractivity contribution is 0.175. The van der Waals surface area contributed by atoms with Crippen molar-refractivity contribution in [1.29, 1.82) is 0 Å². The Labute approximate surface area is 110 Å². The van der Waals surface area contributed by atoms with Gasteiger partial charge in [-0.2, -0.15) is 0 Å². The van der Waals surface area contributed by atoms with Crippen LogP contribution in [0.2, 0.25) is 0 Å². The fourth-order valence-electron chi connectivity index (χ4n) is 1.59. The molecular formula is C15H24FNO. The Hall–Kier alpha value is -1.09. The highest BCUT2D eigenvalue weighted by molar-refractivity contribution is 5.22. The molecule has 0 amide bonds. The van der Waals surface area contributed by atoms with Gasteiger partial charge in [-0.25, -0.2) is 4.39 Å². The maximum absolute atomic E-state index is 13.0. The molecule has 1 aromatic rings. The second-order valence-corrected chi connectivity index (χ2v) is 5.94. The minimum Gasteiger partial charge on any atom is -0.493 e. The van der Waals surface area contributed by atoms with E-state index in [0.29, 0.717) is 18.3 Å².